The second-order valence-electron chi connectivity index (χ2n) is 8.25. The second-order valence-corrected chi connectivity index (χ2v) is 8.25. The molecule has 0 fully saturated rings. The summed E-state index contributed by atoms with van der Waals surface area (Å²) in [5.41, 5.74) is 3.97. The lowest BCUT2D eigenvalue weighted by Crippen LogP contribution is -2.16. The Bertz CT molecular complexity index is 1090. The monoisotopic (exact) mass is 394 g/mol. The molecule has 0 N–H and O–H groups in total. The summed E-state index contributed by atoms with van der Waals surface area (Å²) in [4.78, 5) is 23.9. The molecule has 0 unspecified atom stereocenters. The average molecular weight is 394 g/mol. The van der Waals surface area contributed by atoms with Crippen LogP contribution in [0.1, 0.15) is 43.0 Å². The van der Waals surface area contributed by atoms with Crippen LogP contribution in [0, 0.1) is 13.8 Å². The predicted molar refractivity (Wildman–Crippen MR) is 112 cm³/mol. The summed E-state index contributed by atoms with van der Waals surface area (Å²) < 4.78 is 16.1. The second kappa shape index (κ2) is 8.11. The summed E-state index contributed by atoms with van der Waals surface area (Å²) in [5, 5.41) is 0.763. The summed E-state index contributed by atoms with van der Waals surface area (Å²) in [6.45, 7) is 10.1. The maximum Gasteiger partial charge on any atom is 0.344 e. The molecular weight excluding hydrogens is 368 g/mol. The standard InChI is InChI=1S/C24H26O5/c1-15-10-20-17(12-22(25)29-21(20)11-16(15)2)13-28-23(26)14-27-19-8-6-18(7-9-19)24(3,4)5/h6-12H,13-14H2,1-5H3. The molecule has 3 rings (SSSR count). The van der Waals surface area contributed by atoms with Gasteiger partial charge in [0.25, 0.3) is 0 Å². The summed E-state index contributed by atoms with van der Waals surface area (Å²) in [6.07, 6.45) is 0. The van der Waals surface area contributed by atoms with E-state index in [9.17, 15) is 9.59 Å². The summed E-state index contributed by atoms with van der Waals surface area (Å²) in [6, 6.07) is 12.8. The van der Waals surface area contributed by atoms with Gasteiger partial charge in [-0.1, -0.05) is 32.9 Å². The third kappa shape index (κ3) is 5.05. The van der Waals surface area contributed by atoms with Crippen molar-refractivity contribution < 1.29 is 18.7 Å². The van der Waals surface area contributed by atoms with Crippen molar-refractivity contribution in [1.29, 1.82) is 0 Å². The van der Waals surface area contributed by atoms with Crippen molar-refractivity contribution in [3.63, 3.8) is 0 Å². The highest BCUT2D eigenvalue weighted by atomic mass is 16.6. The highest BCUT2D eigenvalue weighted by molar-refractivity contribution is 5.82. The predicted octanol–water partition coefficient (Wildman–Crippen LogP) is 4.83. The molecule has 0 saturated heterocycles. The number of hydrogen-bond acceptors (Lipinski definition) is 5. The van der Waals surface area contributed by atoms with Crippen molar-refractivity contribution >= 4 is 16.9 Å². The minimum atomic E-state index is -0.505. The molecule has 0 amide bonds. The van der Waals surface area contributed by atoms with Gasteiger partial charge >= 0.3 is 11.6 Å². The zero-order valence-corrected chi connectivity index (χ0v) is 17.5. The van der Waals surface area contributed by atoms with Gasteiger partial charge in [-0.2, -0.15) is 0 Å². The first kappa shape index (κ1) is 20.6. The van der Waals surface area contributed by atoms with Crippen LogP contribution < -0.4 is 10.4 Å². The van der Waals surface area contributed by atoms with Crippen molar-refractivity contribution in [1.82, 2.24) is 0 Å². The summed E-state index contributed by atoms with van der Waals surface area (Å²) in [7, 11) is 0. The quantitative estimate of drug-likeness (QED) is 0.458. The molecule has 29 heavy (non-hydrogen) atoms. The van der Waals surface area contributed by atoms with Crippen LogP contribution in [0.4, 0.5) is 0 Å². The van der Waals surface area contributed by atoms with E-state index in [1.807, 2.05) is 50.2 Å². The topological polar surface area (TPSA) is 65.7 Å². The number of ether oxygens (including phenoxy) is 2. The van der Waals surface area contributed by atoms with E-state index in [2.05, 4.69) is 20.8 Å². The molecule has 2 aromatic carbocycles. The van der Waals surface area contributed by atoms with Crippen molar-refractivity contribution in [3.8, 4) is 5.75 Å². The van der Waals surface area contributed by atoms with Crippen LogP contribution in [-0.2, 0) is 21.6 Å². The van der Waals surface area contributed by atoms with E-state index in [1.165, 1.54) is 11.6 Å². The maximum atomic E-state index is 12.1. The molecule has 5 nitrogen and oxygen atoms in total. The fraction of sp³-hybridized carbons (Fsp3) is 0.333. The molecule has 0 aliphatic rings. The minimum absolute atomic E-state index is 0.0181. The van der Waals surface area contributed by atoms with Crippen LogP contribution in [-0.4, -0.2) is 12.6 Å². The lowest BCUT2D eigenvalue weighted by atomic mass is 9.87. The molecule has 152 valence electrons. The fourth-order valence-electron chi connectivity index (χ4n) is 3.00. The Kier molecular flexibility index (Phi) is 5.78. The third-order valence-corrected chi connectivity index (χ3v) is 4.91. The number of carbonyl (C=O) groups excluding carboxylic acids is 1. The Labute approximate surface area is 170 Å². The largest absolute Gasteiger partial charge is 0.482 e. The number of carbonyl (C=O) groups is 1. The number of rotatable bonds is 5. The van der Waals surface area contributed by atoms with Gasteiger partial charge in [0.15, 0.2) is 6.61 Å². The molecule has 0 saturated carbocycles. The van der Waals surface area contributed by atoms with E-state index in [-0.39, 0.29) is 18.6 Å². The number of benzene rings is 2. The van der Waals surface area contributed by atoms with Gasteiger partial charge in [0.2, 0.25) is 0 Å². The first-order chi connectivity index (χ1) is 13.6. The number of aryl methyl sites for hydroxylation is 2. The lowest BCUT2D eigenvalue weighted by Gasteiger charge is -2.19. The molecule has 5 heteroatoms. The molecule has 1 heterocycles. The highest BCUT2D eigenvalue weighted by Crippen LogP contribution is 2.24. The smallest absolute Gasteiger partial charge is 0.344 e. The zero-order chi connectivity index (χ0) is 21.2. The molecule has 1 aromatic heterocycles. The summed E-state index contributed by atoms with van der Waals surface area (Å²) in [5.74, 6) is 0.0991. The molecule has 0 aliphatic carbocycles. The van der Waals surface area contributed by atoms with Crippen LogP contribution in [0.3, 0.4) is 0 Å². The minimum Gasteiger partial charge on any atom is -0.482 e. The van der Waals surface area contributed by atoms with Crippen molar-refractivity contribution in [2.75, 3.05) is 6.61 Å². The molecule has 0 bridgehead atoms. The Morgan fingerprint density at radius 3 is 2.31 bits per heavy atom. The number of fused-ring (bicyclic) bond motifs is 1. The van der Waals surface area contributed by atoms with Gasteiger partial charge in [-0.05, 0) is 60.2 Å². The van der Waals surface area contributed by atoms with Gasteiger partial charge in [-0.15, -0.1) is 0 Å². The van der Waals surface area contributed by atoms with E-state index in [1.54, 1.807) is 0 Å². The van der Waals surface area contributed by atoms with Crippen LogP contribution in [0.15, 0.2) is 51.7 Å². The molecule has 3 aromatic rings. The Balaban J connectivity index is 1.64. The normalized spacial score (nSPS) is 11.5. The van der Waals surface area contributed by atoms with Gasteiger partial charge in [-0.25, -0.2) is 9.59 Å². The first-order valence-electron chi connectivity index (χ1n) is 9.56. The van der Waals surface area contributed by atoms with E-state index in [0.717, 1.165) is 16.5 Å². The Hall–Kier alpha value is -3.08. The van der Waals surface area contributed by atoms with Crippen LogP contribution in [0.25, 0.3) is 11.0 Å². The molecule has 0 spiro atoms. The molecule has 0 radical (unpaired) electrons. The number of hydrogen-bond donors (Lipinski definition) is 0. The average Bonchev–Trinajstić information content (AvgIpc) is 2.65. The van der Waals surface area contributed by atoms with Gasteiger partial charge in [0, 0.05) is 17.0 Å². The van der Waals surface area contributed by atoms with E-state index in [0.29, 0.717) is 16.9 Å². The molecular formula is C24H26O5. The van der Waals surface area contributed by atoms with E-state index < -0.39 is 11.6 Å². The third-order valence-electron chi connectivity index (χ3n) is 4.91. The van der Waals surface area contributed by atoms with Crippen molar-refractivity contribution in [3.05, 3.63) is 75.1 Å². The lowest BCUT2D eigenvalue weighted by molar-refractivity contribution is -0.147. The van der Waals surface area contributed by atoms with Crippen LogP contribution in [0.5, 0.6) is 5.75 Å². The van der Waals surface area contributed by atoms with Crippen LogP contribution in [0.2, 0.25) is 0 Å². The zero-order valence-electron chi connectivity index (χ0n) is 17.5. The van der Waals surface area contributed by atoms with Crippen LogP contribution >= 0.6 is 0 Å². The maximum absolute atomic E-state index is 12.1. The van der Waals surface area contributed by atoms with Gasteiger partial charge in [-0.3, -0.25) is 0 Å². The van der Waals surface area contributed by atoms with Crippen molar-refractivity contribution in [2.45, 2.75) is 46.6 Å². The van der Waals surface area contributed by atoms with E-state index >= 15 is 0 Å². The Morgan fingerprint density at radius 2 is 1.66 bits per heavy atom. The van der Waals surface area contributed by atoms with Gasteiger partial charge < -0.3 is 13.9 Å². The fourth-order valence-corrected chi connectivity index (χ4v) is 3.00. The van der Waals surface area contributed by atoms with Crippen molar-refractivity contribution in [2.24, 2.45) is 0 Å². The SMILES string of the molecule is Cc1cc2oc(=O)cc(COC(=O)COc3ccc(C(C)(C)C)cc3)c2cc1C. The Morgan fingerprint density at radius 1 is 1.00 bits per heavy atom. The number of esters is 1. The highest BCUT2D eigenvalue weighted by Gasteiger charge is 2.14. The van der Waals surface area contributed by atoms with Gasteiger partial charge in [0.1, 0.15) is 17.9 Å². The molecule has 0 atom stereocenters. The molecule has 0 aliphatic heterocycles. The first-order valence-corrected chi connectivity index (χ1v) is 9.56. The van der Waals surface area contributed by atoms with Gasteiger partial charge in [0.05, 0.1) is 0 Å². The van der Waals surface area contributed by atoms with E-state index in [4.69, 9.17) is 13.9 Å². The summed E-state index contributed by atoms with van der Waals surface area (Å²) >= 11 is 0.